The number of non-ortho nitro benzene ring substituents is 1. The van der Waals surface area contributed by atoms with Gasteiger partial charge >= 0.3 is 5.97 Å². The number of hydrogen-bond donors (Lipinski definition) is 3. The number of aromatic carboxylic acids is 1. The molecule has 2 aromatic rings. The van der Waals surface area contributed by atoms with Crippen LogP contribution in [0.4, 0.5) is 11.4 Å². The van der Waals surface area contributed by atoms with E-state index >= 15 is 0 Å². The Morgan fingerprint density at radius 3 is 2.38 bits per heavy atom. The molecule has 0 bridgehead atoms. The summed E-state index contributed by atoms with van der Waals surface area (Å²) in [6.45, 7) is 1.67. The van der Waals surface area contributed by atoms with Gasteiger partial charge < -0.3 is 15.7 Å². The number of carboxylic acid groups (broad SMARTS) is 1. The van der Waals surface area contributed by atoms with Crippen molar-refractivity contribution < 1.29 is 24.4 Å². The van der Waals surface area contributed by atoms with Crippen LogP contribution in [0.25, 0.3) is 0 Å². The first-order valence-electron chi connectivity index (χ1n) is 9.20. The van der Waals surface area contributed by atoms with Crippen LogP contribution in [0.15, 0.2) is 58.7 Å². The van der Waals surface area contributed by atoms with Crippen molar-refractivity contribution in [1.82, 2.24) is 5.32 Å². The molecule has 0 spiro atoms. The third kappa shape index (κ3) is 5.76. The number of nitro groups is 1. The number of hydrogen-bond acceptors (Lipinski definition) is 8. The summed E-state index contributed by atoms with van der Waals surface area (Å²) in [6, 6.07) is 11.5. The highest BCUT2D eigenvalue weighted by Gasteiger charge is 2.32. The first-order valence-corrected chi connectivity index (χ1v) is 10.1. The zero-order valence-electron chi connectivity index (χ0n) is 16.6. The Morgan fingerprint density at radius 2 is 1.78 bits per heavy atom. The van der Waals surface area contributed by atoms with E-state index in [9.17, 15) is 24.5 Å². The van der Waals surface area contributed by atoms with Crippen LogP contribution in [0, 0.1) is 10.1 Å². The highest BCUT2D eigenvalue weighted by molar-refractivity contribution is 8.15. The normalized spacial score (nSPS) is 17.2. The van der Waals surface area contributed by atoms with E-state index in [2.05, 4.69) is 20.8 Å². The Bertz CT molecular complexity index is 1130. The predicted molar refractivity (Wildman–Crippen MR) is 119 cm³/mol. The molecule has 2 amide bonds. The van der Waals surface area contributed by atoms with Crippen LogP contribution in [-0.2, 0) is 9.59 Å². The average Bonchev–Trinajstić information content (AvgIpc) is 3.11. The number of amidine groups is 1. The third-order valence-electron chi connectivity index (χ3n) is 4.35. The number of carboxylic acids is 1. The van der Waals surface area contributed by atoms with Crippen molar-refractivity contribution in [2.24, 2.45) is 10.2 Å². The lowest BCUT2D eigenvalue weighted by Gasteiger charge is -2.07. The number of anilines is 1. The minimum Gasteiger partial charge on any atom is -0.478 e. The molecule has 1 aliphatic heterocycles. The van der Waals surface area contributed by atoms with Crippen molar-refractivity contribution in [2.45, 2.75) is 18.6 Å². The maximum atomic E-state index is 12.2. The van der Waals surface area contributed by atoms with Gasteiger partial charge in [-0.2, -0.15) is 5.10 Å². The molecular weight excluding hydrogens is 438 g/mol. The van der Waals surface area contributed by atoms with Crippen LogP contribution < -0.4 is 10.6 Å². The van der Waals surface area contributed by atoms with E-state index < -0.39 is 22.0 Å². The fourth-order valence-corrected chi connectivity index (χ4v) is 3.58. The number of carbonyl (C=O) groups is 3. The number of nitrogens with zero attached hydrogens (tertiary/aromatic N) is 3. The highest BCUT2D eigenvalue weighted by atomic mass is 32.2. The molecule has 1 fully saturated rings. The molecule has 0 saturated carbocycles. The van der Waals surface area contributed by atoms with Crippen LogP contribution in [0.3, 0.4) is 0 Å². The van der Waals surface area contributed by atoms with Gasteiger partial charge in [-0.15, -0.1) is 5.10 Å². The Balaban J connectivity index is 1.58. The highest BCUT2D eigenvalue weighted by Crippen LogP contribution is 2.23. The summed E-state index contributed by atoms with van der Waals surface area (Å²) < 4.78 is 0. The zero-order chi connectivity index (χ0) is 23.3. The Morgan fingerprint density at radius 1 is 1.16 bits per heavy atom. The Hall–Kier alpha value is -4.06. The fourth-order valence-electron chi connectivity index (χ4n) is 2.67. The van der Waals surface area contributed by atoms with Crippen molar-refractivity contribution in [2.75, 3.05) is 5.32 Å². The number of amides is 2. The molecule has 32 heavy (non-hydrogen) atoms. The maximum absolute atomic E-state index is 12.2. The molecule has 1 saturated heterocycles. The van der Waals surface area contributed by atoms with Crippen LogP contribution in [0.2, 0.25) is 0 Å². The summed E-state index contributed by atoms with van der Waals surface area (Å²) in [4.78, 5) is 45.5. The lowest BCUT2D eigenvalue weighted by molar-refractivity contribution is -0.384. The first kappa shape index (κ1) is 22.6. The van der Waals surface area contributed by atoms with Crippen molar-refractivity contribution in [3.8, 4) is 0 Å². The summed E-state index contributed by atoms with van der Waals surface area (Å²) in [5, 5.41) is 32.4. The van der Waals surface area contributed by atoms with Crippen molar-refractivity contribution in [1.29, 1.82) is 0 Å². The predicted octanol–water partition coefficient (Wildman–Crippen LogP) is 2.63. The number of thioether (sulfide) groups is 1. The summed E-state index contributed by atoms with van der Waals surface area (Å²) in [5.74, 6) is -1.86. The monoisotopic (exact) mass is 455 g/mol. The van der Waals surface area contributed by atoms with Crippen LogP contribution in [0.5, 0.6) is 0 Å². The van der Waals surface area contributed by atoms with Gasteiger partial charge in [0.15, 0.2) is 5.17 Å². The lowest BCUT2D eigenvalue weighted by atomic mass is 10.1. The van der Waals surface area contributed by atoms with Crippen LogP contribution in [-0.4, -0.2) is 43.9 Å². The average molecular weight is 455 g/mol. The standard InChI is InChI=1S/C20H17N5O6S/c1-11(12-4-8-15(9-5-12)25(30)31)23-24-20-22-18(27)16(32-20)10-17(26)21-14-6-2-13(3-7-14)19(28)29/h2-9,16H,10H2,1H3,(H,21,26)(H,28,29)(H,22,24,27)/b23-11-/t16-/m1/s1. The molecule has 0 aromatic heterocycles. The number of benzene rings is 2. The van der Waals surface area contributed by atoms with Gasteiger partial charge in [0.2, 0.25) is 11.8 Å². The second-order valence-electron chi connectivity index (χ2n) is 6.63. The number of nitrogens with one attached hydrogen (secondary N) is 2. The van der Waals surface area contributed by atoms with E-state index in [4.69, 9.17) is 5.11 Å². The largest absolute Gasteiger partial charge is 0.478 e. The SMILES string of the molecule is C/C(=N/N=C1\NC(=O)[C@@H](CC(=O)Nc2ccc(C(=O)O)cc2)S1)c1ccc([N+](=O)[O-])cc1. The van der Waals surface area contributed by atoms with Crippen LogP contribution in [0.1, 0.15) is 29.3 Å². The molecule has 1 heterocycles. The molecule has 1 aliphatic rings. The van der Waals surface area contributed by atoms with E-state index in [1.807, 2.05) is 0 Å². The zero-order valence-corrected chi connectivity index (χ0v) is 17.5. The molecular formula is C20H17N5O6S. The molecule has 3 rings (SSSR count). The summed E-state index contributed by atoms with van der Waals surface area (Å²) in [5.41, 5.74) is 1.61. The first-order chi connectivity index (χ1) is 15.2. The Labute approximate surface area is 185 Å². The minimum atomic E-state index is -1.07. The Kier molecular flexibility index (Phi) is 6.95. The van der Waals surface area contributed by atoms with Gasteiger partial charge in [-0.1, -0.05) is 11.8 Å². The quantitative estimate of drug-likeness (QED) is 0.328. The molecule has 1 atom stereocenters. The van der Waals surface area contributed by atoms with Gasteiger partial charge in [0.25, 0.3) is 5.69 Å². The second-order valence-corrected chi connectivity index (χ2v) is 7.82. The number of rotatable bonds is 7. The fraction of sp³-hybridized carbons (Fsp3) is 0.150. The van der Waals surface area contributed by atoms with Gasteiger partial charge in [0.05, 0.1) is 16.2 Å². The van der Waals surface area contributed by atoms with Gasteiger partial charge in [-0.3, -0.25) is 19.7 Å². The molecule has 2 aromatic carbocycles. The second kappa shape index (κ2) is 9.83. The van der Waals surface area contributed by atoms with E-state index in [0.29, 0.717) is 17.0 Å². The minimum absolute atomic E-state index is 0.0366. The lowest BCUT2D eigenvalue weighted by Crippen LogP contribution is -2.28. The third-order valence-corrected chi connectivity index (χ3v) is 5.42. The van der Waals surface area contributed by atoms with Gasteiger partial charge in [-0.05, 0) is 48.9 Å². The summed E-state index contributed by atoms with van der Waals surface area (Å²) in [6.07, 6.45) is -0.110. The molecule has 12 heteroatoms. The molecule has 0 aliphatic carbocycles. The van der Waals surface area contributed by atoms with E-state index in [1.165, 1.54) is 36.4 Å². The van der Waals surface area contributed by atoms with Crippen molar-refractivity contribution in [3.05, 3.63) is 69.8 Å². The molecule has 0 unspecified atom stereocenters. The van der Waals surface area contributed by atoms with E-state index in [-0.39, 0.29) is 28.7 Å². The maximum Gasteiger partial charge on any atom is 0.335 e. The van der Waals surface area contributed by atoms with Gasteiger partial charge in [0, 0.05) is 24.2 Å². The smallest absolute Gasteiger partial charge is 0.335 e. The molecule has 164 valence electrons. The van der Waals surface area contributed by atoms with Crippen molar-refractivity contribution in [3.63, 3.8) is 0 Å². The van der Waals surface area contributed by atoms with Crippen molar-refractivity contribution >= 4 is 51.8 Å². The van der Waals surface area contributed by atoms with Gasteiger partial charge in [-0.25, -0.2) is 4.79 Å². The number of carbonyl (C=O) groups excluding carboxylic acids is 2. The summed E-state index contributed by atoms with van der Waals surface area (Å²) >= 11 is 1.06. The van der Waals surface area contributed by atoms with E-state index in [0.717, 1.165) is 11.8 Å². The van der Waals surface area contributed by atoms with E-state index in [1.54, 1.807) is 19.1 Å². The van der Waals surface area contributed by atoms with Gasteiger partial charge in [0.1, 0.15) is 5.25 Å². The summed E-state index contributed by atoms with van der Waals surface area (Å²) in [7, 11) is 0. The van der Waals surface area contributed by atoms with Crippen LogP contribution >= 0.6 is 11.8 Å². The molecule has 11 nitrogen and oxygen atoms in total. The topological polar surface area (TPSA) is 163 Å². The molecule has 0 radical (unpaired) electrons. The molecule has 3 N–H and O–H groups in total. The number of nitro benzene ring substituents is 1.